The number of β-amino-alcohol motifs (C(OH)–C–C–N with tert-alkyl or cyclic N) is 1. The summed E-state index contributed by atoms with van der Waals surface area (Å²) < 4.78 is 26.4. The van der Waals surface area contributed by atoms with E-state index in [4.69, 9.17) is 0 Å². The van der Waals surface area contributed by atoms with Gasteiger partial charge in [0.05, 0.1) is 17.9 Å². The molecule has 2 heterocycles. The standard InChI is InChI=1S/C34H46N4O5S/c1-3-19-38(32(39)22-26-13-15-31(16-14-26)44(42,43)35-2)30-17-20-36(21-18-30)23-29-24-37(33(40)27-9-7-8-10-27)25-34(29,41)28-11-5-4-6-12-28/h3-6,11-16,27,29-30,35,41H,1,7-10,17-25H2,2H3/t29-,34-/m0/s1. The van der Waals surface area contributed by atoms with Crippen LogP contribution in [0.4, 0.5) is 0 Å². The minimum Gasteiger partial charge on any atom is -0.383 e. The molecule has 1 saturated carbocycles. The first-order valence-electron chi connectivity index (χ1n) is 15.9. The summed E-state index contributed by atoms with van der Waals surface area (Å²) in [4.78, 5) is 33.1. The molecule has 0 bridgehead atoms. The Morgan fingerprint density at radius 1 is 1.05 bits per heavy atom. The Balaban J connectivity index is 1.22. The van der Waals surface area contributed by atoms with Crippen molar-refractivity contribution < 1.29 is 23.1 Å². The van der Waals surface area contributed by atoms with Crippen LogP contribution in [0.3, 0.4) is 0 Å². The van der Waals surface area contributed by atoms with Crippen molar-refractivity contribution in [1.29, 1.82) is 0 Å². The predicted octanol–water partition coefficient (Wildman–Crippen LogP) is 3.15. The number of sulfonamides is 1. The van der Waals surface area contributed by atoms with Gasteiger partial charge >= 0.3 is 0 Å². The monoisotopic (exact) mass is 622 g/mol. The first-order chi connectivity index (χ1) is 21.1. The van der Waals surface area contributed by atoms with E-state index < -0.39 is 15.6 Å². The zero-order valence-corrected chi connectivity index (χ0v) is 26.6. The lowest BCUT2D eigenvalue weighted by molar-refractivity contribution is -0.135. The van der Waals surface area contributed by atoms with Crippen LogP contribution in [0.2, 0.25) is 0 Å². The number of hydrogen-bond donors (Lipinski definition) is 2. The Kier molecular flexibility index (Phi) is 10.2. The van der Waals surface area contributed by atoms with Gasteiger partial charge in [0.2, 0.25) is 21.8 Å². The maximum absolute atomic E-state index is 13.4. The molecule has 3 aliphatic rings. The molecule has 0 aromatic heterocycles. The second-order valence-corrected chi connectivity index (χ2v) is 14.5. The second-order valence-electron chi connectivity index (χ2n) is 12.6. The van der Waals surface area contributed by atoms with Crippen LogP contribution >= 0.6 is 0 Å². The molecule has 1 aliphatic carbocycles. The van der Waals surface area contributed by atoms with Crippen LogP contribution in [0.15, 0.2) is 72.1 Å². The quantitative estimate of drug-likeness (QED) is 0.373. The first-order valence-corrected chi connectivity index (χ1v) is 17.3. The molecule has 0 radical (unpaired) electrons. The van der Waals surface area contributed by atoms with Crippen LogP contribution in [0.5, 0.6) is 0 Å². The van der Waals surface area contributed by atoms with Gasteiger partial charge in [-0.15, -0.1) is 6.58 Å². The van der Waals surface area contributed by atoms with Crippen molar-refractivity contribution in [1.82, 2.24) is 19.4 Å². The predicted molar refractivity (Wildman–Crippen MR) is 170 cm³/mol. The summed E-state index contributed by atoms with van der Waals surface area (Å²) in [5, 5.41) is 12.1. The molecule has 2 aromatic rings. The van der Waals surface area contributed by atoms with Crippen LogP contribution in [-0.4, -0.2) is 92.4 Å². The summed E-state index contributed by atoms with van der Waals surface area (Å²) in [6.45, 7) is 7.47. The number of piperidine rings is 1. The number of nitrogens with zero attached hydrogens (tertiary/aromatic N) is 3. The second kappa shape index (κ2) is 13.9. The molecule has 44 heavy (non-hydrogen) atoms. The van der Waals surface area contributed by atoms with Crippen LogP contribution in [0.1, 0.15) is 49.7 Å². The molecule has 2 aromatic carbocycles. The Labute approximate surface area is 262 Å². The van der Waals surface area contributed by atoms with E-state index in [-0.39, 0.29) is 41.0 Å². The smallest absolute Gasteiger partial charge is 0.240 e. The van der Waals surface area contributed by atoms with E-state index in [9.17, 15) is 23.1 Å². The van der Waals surface area contributed by atoms with Gasteiger partial charge in [-0.2, -0.15) is 0 Å². The van der Waals surface area contributed by atoms with Crippen molar-refractivity contribution in [3.63, 3.8) is 0 Å². The average molecular weight is 623 g/mol. The van der Waals surface area contributed by atoms with Crippen LogP contribution in [-0.2, 0) is 31.6 Å². The number of hydrogen-bond acceptors (Lipinski definition) is 6. The molecule has 5 rings (SSSR count). The molecule has 0 spiro atoms. The molecule has 10 heteroatoms. The molecule has 2 N–H and O–H groups in total. The topological polar surface area (TPSA) is 110 Å². The highest BCUT2D eigenvalue weighted by Crippen LogP contribution is 2.40. The fourth-order valence-corrected chi connectivity index (χ4v) is 7.99. The summed E-state index contributed by atoms with van der Waals surface area (Å²) in [6, 6.07) is 16.3. The van der Waals surface area contributed by atoms with Gasteiger partial charge < -0.3 is 19.8 Å². The SMILES string of the molecule is C=CCN(C(=O)Cc1ccc(S(=O)(=O)NC)cc1)C1CCN(C[C@H]2CN(C(=O)C3CCCC3)C[C@]2(O)c2ccccc2)CC1. The highest BCUT2D eigenvalue weighted by Gasteiger charge is 2.49. The van der Waals surface area contributed by atoms with Gasteiger partial charge in [0.15, 0.2) is 0 Å². The normalized spacial score (nSPS) is 23.6. The van der Waals surface area contributed by atoms with Crippen molar-refractivity contribution in [2.45, 2.75) is 61.5 Å². The van der Waals surface area contributed by atoms with E-state index in [0.29, 0.717) is 26.2 Å². The summed E-state index contributed by atoms with van der Waals surface area (Å²) >= 11 is 0. The summed E-state index contributed by atoms with van der Waals surface area (Å²) in [5.41, 5.74) is 0.523. The fraction of sp³-hybridized carbons (Fsp3) is 0.529. The summed E-state index contributed by atoms with van der Waals surface area (Å²) in [6.07, 6.45) is 7.64. The molecule has 2 saturated heterocycles. The highest BCUT2D eigenvalue weighted by atomic mass is 32.2. The number of aliphatic hydroxyl groups is 1. The van der Waals surface area contributed by atoms with Crippen LogP contribution in [0.25, 0.3) is 0 Å². The number of benzene rings is 2. The summed E-state index contributed by atoms with van der Waals surface area (Å²) in [7, 11) is -2.16. The lowest BCUT2D eigenvalue weighted by Gasteiger charge is -2.40. The molecule has 3 fully saturated rings. The molecule has 2 amide bonds. The van der Waals surface area contributed by atoms with Crippen LogP contribution < -0.4 is 4.72 Å². The van der Waals surface area contributed by atoms with Crippen molar-refractivity contribution in [2.24, 2.45) is 11.8 Å². The van der Waals surface area contributed by atoms with Crippen molar-refractivity contribution in [3.8, 4) is 0 Å². The third kappa shape index (κ3) is 7.09. The van der Waals surface area contributed by atoms with Crippen molar-refractivity contribution in [2.75, 3.05) is 46.3 Å². The Bertz CT molecular complexity index is 1400. The van der Waals surface area contributed by atoms with Gasteiger partial charge in [0, 0.05) is 50.6 Å². The van der Waals surface area contributed by atoms with E-state index in [2.05, 4.69) is 16.2 Å². The number of likely N-dealkylation sites (tertiary alicyclic amines) is 2. The van der Waals surface area contributed by atoms with Gasteiger partial charge in [-0.25, -0.2) is 13.1 Å². The maximum Gasteiger partial charge on any atom is 0.240 e. The third-order valence-corrected chi connectivity index (χ3v) is 11.2. The minimum atomic E-state index is -3.53. The Morgan fingerprint density at radius 3 is 2.32 bits per heavy atom. The van der Waals surface area contributed by atoms with E-state index in [0.717, 1.165) is 62.7 Å². The molecule has 238 valence electrons. The molecular formula is C34H46N4O5S. The van der Waals surface area contributed by atoms with Crippen molar-refractivity contribution >= 4 is 21.8 Å². The number of nitrogens with one attached hydrogen (secondary N) is 1. The van der Waals surface area contributed by atoms with E-state index in [1.165, 1.54) is 19.2 Å². The van der Waals surface area contributed by atoms with E-state index >= 15 is 0 Å². The molecular weight excluding hydrogens is 576 g/mol. The Hall–Kier alpha value is -3.05. The van der Waals surface area contributed by atoms with E-state index in [1.54, 1.807) is 18.2 Å². The first kappa shape index (κ1) is 32.3. The van der Waals surface area contributed by atoms with Gasteiger partial charge in [0.25, 0.3) is 0 Å². The number of rotatable bonds is 11. The van der Waals surface area contributed by atoms with Crippen LogP contribution in [0, 0.1) is 11.8 Å². The van der Waals surface area contributed by atoms with Gasteiger partial charge in [0.1, 0.15) is 5.60 Å². The van der Waals surface area contributed by atoms with E-state index in [1.807, 2.05) is 40.1 Å². The number of amides is 2. The number of carbonyl (C=O) groups excluding carboxylic acids is 2. The zero-order chi connectivity index (χ0) is 31.3. The van der Waals surface area contributed by atoms with Gasteiger partial charge in [-0.05, 0) is 56.0 Å². The molecule has 2 atom stereocenters. The Morgan fingerprint density at radius 2 is 1.70 bits per heavy atom. The lowest BCUT2D eigenvalue weighted by Crippen LogP contribution is -2.50. The summed E-state index contributed by atoms with van der Waals surface area (Å²) in [5.74, 6) is 0.155. The van der Waals surface area contributed by atoms with Crippen molar-refractivity contribution in [3.05, 3.63) is 78.4 Å². The third-order valence-electron chi connectivity index (χ3n) is 9.82. The van der Waals surface area contributed by atoms with Gasteiger partial charge in [-0.1, -0.05) is 61.4 Å². The molecule has 2 aliphatic heterocycles. The lowest BCUT2D eigenvalue weighted by atomic mass is 9.83. The minimum absolute atomic E-state index is 0.0112. The average Bonchev–Trinajstić information content (AvgIpc) is 3.70. The zero-order valence-electron chi connectivity index (χ0n) is 25.7. The molecule has 0 unspecified atom stereocenters. The largest absolute Gasteiger partial charge is 0.383 e. The molecule has 9 nitrogen and oxygen atoms in total. The highest BCUT2D eigenvalue weighted by molar-refractivity contribution is 7.89. The maximum atomic E-state index is 13.4. The number of carbonyl (C=O) groups is 2. The fourth-order valence-electron chi connectivity index (χ4n) is 7.26. The van der Waals surface area contributed by atoms with Gasteiger partial charge in [-0.3, -0.25) is 9.59 Å².